The number of piperazine rings is 1. The predicted molar refractivity (Wildman–Crippen MR) is 121 cm³/mol. The van der Waals surface area contributed by atoms with Gasteiger partial charge in [-0.1, -0.05) is 29.4 Å². The first-order valence-electron chi connectivity index (χ1n) is 9.52. The Kier molecular flexibility index (Phi) is 6.97. The molecule has 12 heteroatoms. The van der Waals surface area contributed by atoms with E-state index in [0.29, 0.717) is 29.7 Å². The zero-order valence-electron chi connectivity index (χ0n) is 16.4. The van der Waals surface area contributed by atoms with Crippen molar-refractivity contribution in [1.29, 1.82) is 0 Å². The highest BCUT2D eigenvalue weighted by Crippen LogP contribution is 2.21. The van der Waals surface area contributed by atoms with Crippen LogP contribution in [0.3, 0.4) is 0 Å². The van der Waals surface area contributed by atoms with E-state index in [4.69, 9.17) is 11.6 Å². The second-order valence-corrected chi connectivity index (χ2v) is 11.2. The third kappa shape index (κ3) is 5.47. The summed E-state index contributed by atoms with van der Waals surface area (Å²) in [5.74, 6) is 0.914. The van der Waals surface area contributed by atoms with Crippen molar-refractivity contribution in [3.05, 3.63) is 57.5 Å². The van der Waals surface area contributed by atoms with Crippen LogP contribution in [0.15, 0.2) is 51.8 Å². The first kappa shape index (κ1) is 22.3. The number of nitrogens with zero attached hydrogens (tertiary/aromatic N) is 4. The molecule has 2 aromatic heterocycles. The Balaban J connectivity index is 1.27. The van der Waals surface area contributed by atoms with Crippen LogP contribution in [0.2, 0.25) is 5.02 Å². The zero-order valence-corrected chi connectivity index (χ0v) is 19.6. The Hall–Kier alpha value is -1.92. The number of nitrogens with one attached hydrogen (secondary N) is 1. The van der Waals surface area contributed by atoms with Crippen LogP contribution in [-0.4, -0.2) is 70.6 Å². The highest BCUT2D eigenvalue weighted by Gasteiger charge is 2.30. The lowest BCUT2D eigenvalue weighted by Gasteiger charge is -2.34. The van der Waals surface area contributed by atoms with Gasteiger partial charge < -0.3 is 4.90 Å². The summed E-state index contributed by atoms with van der Waals surface area (Å²) in [5, 5.41) is 10.1. The maximum absolute atomic E-state index is 12.8. The molecule has 0 radical (unpaired) electrons. The zero-order chi connectivity index (χ0) is 21.8. The summed E-state index contributed by atoms with van der Waals surface area (Å²) in [6, 6.07) is 10.1. The lowest BCUT2D eigenvalue weighted by molar-refractivity contribution is -0.129. The molecular formula is C19H20ClN5O3S3. The van der Waals surface area contributed by atoms with Gasteiger partial charge in [0.15, 0.2) is 0 Å². The van der Waals surface area contributed by atoms with Crippen LogP contribution in [0.5, 0.6) is 0 Å². The SMILES string of the molecule is O=C(CSc1n[nH]c(Cc2cccs2)n1)N1CCN(S(=O)(=O)c2ccc(Cl)cc2)CC1. The topological polar surface area (TPSA) is 99.3 Å². The van der Waals surface area contributed by atoms with Crippen molar-refractivity contribution in [3.8, 4) is 0 Å². The maximum Gasteiger partial charge on any atom is 0.243 e. The lowest BCUT2D eigenvalue weighted by atomic mass is 10.3. The van der Waals surface area contributed by atoms with Gasteiger partial charge in [-0.2, -0.15) is 4.31 Å². The summed E-state index contributed by atoms with van der Waals surface area (Å²) in [7, 11) is -3.59. The first-order chi connectivity index (χ1) is 14.9. The molecular weight excluding hydrogens is 478 g/mol. The van der Waals surface area contributed by atoms with E-state index in [1.54, 1.807) is 28.4 Å². The van der Waals surface area contributed by atoms with Crippen molar-refractivity contribution in [3.63, 3.8) is 0 Å². The molecule has 0 unspecified atom stereocenters. The van der Waals surface area contributed by atoms with Crippen molar-refractivity contribution >= 4 is 50.6 Å². The molecule has 0 atom stereocenters. The Bertz CT molecular complexity index is 1130. The van der Waals surface area contributed by atoms with E-state index in [9.17, 15) is 13.2 Å². The molecule has 31 heavy (non-hydrogen) atoms. The third-order valence-corrected chi connectivity index (χ3v) is 8.67. The second kappa shape index (κ2) is 9.70. The van der Waals surface area contributed by atoms with Crippen LogP contribution in [0.4, 0.5) is 0 Å². The van der Waals surface area contributed by atoms with Crippen LogP contribution in [0.25, 0.3) is 0 Å². The summed E-state index contributed by atoms with van der Waals surface area (Å²) in [5.41, 5.74) is 0. The average molecular weight is 498 g/mol. The van der Waals surface area contributed by atoms with Gasteiger partial charge in [-0.25, -0.2) is 13.4 Å². The summed E-state index contributed by atoms with van der Waals surface area (Å²) < 4.78 is 26.9. The van der Waals surface area contributed by atoms with E-state index in [0.717, 1.165) is 5.82 Å². The van der Waals surface area contributed by atoms with Crippen LogP contribution in [0, 0.1) is 0 Å². The van der Waals surface area contributed by atoms with Crippen LogP contribution in [-0.2, 0) is 21.2 Å². The van der Waals surface area contributed by atoms with E-state index < -0.39 is 10.0 Å². The summed E-state index contributed by atoms with van der Waals surface area (Å²) in [6.07, 6.45) is 0.684. The monoisotopic (exact) mass is 497 g/mol. The molecule has 1 amide bonds. The third-order valence-electron chi connectivity index (χ3n) is 4.80. The number of halogens is 1. The number of sulfonamides is 1. The van der Waals surface area contributed by atoms with Gasteiger partial charge in [0.05, 0.1) is 10.6 Å². The Morgan fingerprint density at radius 2 is 1.90 bits per heavy atom. The van der Waals surface area contributed by atoms with Crippen molar-refractivity contribution in [2.75, 3.05) is 31.9 Å². The van der Waals surface area contributed by atoms with Gasteiger partial charge in [0.1, 0.15) is 5.82 Å². The quantitative estimate of drug-likeness (QED) is 0.504. The second-order valence-electron chi connectivity index (χ2n) is 6.85. The molecule has 1 N–H and O–H groups in total. The number of benzene rings is 1. The first-order valence-corrected chi connectivity index (χ1v) is 13.2. The molecule has 1 saturated heterocycles. The number of H-pyrrole nitrogens is 1. The van der Waals surface area contributed by atoms with E-state index >= 15 is 0 Å². The number of thioether (sulfide) groups is 1. The van der Waals surface area contributed by atoms with Crippen LogP contribution in [0.1, 0.15) is 10.7 Å². The number of aromatic amines is 1. The molecule has 3 aromatic rings. The summed E-state index contributed by atoms with van der Waals surface area (Å²) in [6.45, 7) is 1.22. The number of amides is 1. The lowest BCUT2D eigenvalue weighted by Crippen LogP contribution is -2.50. The number of hydrogen-bond acceptors (Lipinski definition) is 7. The van der Waals surface area contributed by atoms with Gasteiger partial charge in [-0.3, -0.25) is 9.89 Å². The smallest absolute Gasteiger partial charge is 0.243 e. The molecule has 8 nitrogen and oxygen atoms in total. The standard InChI is InChI=1S/C19H20ClN5O3S3/c20-14-3-5-16(6-4-14)31(27,28)25-9-7-24(8-10-25)18(26)13-30-19-21-17(22-23-19)12-15-2-1-11-29-15/h1-6,11H,7-10,12-13H2,(H,21,22,23). The van der Waals surface area contributed by atoms with E-state index in [1.807, 2.05) is 17.5 Å². The highest BCUT2D eigenvalue weighted by molar-refractivity contribution is 7.99. The molecule has 0 aliphatic carbocycles. The molecule has 0 bridgehead atoms. The molecule has 1 aliphatic heterocycles. The van der Waals surface area contributed by atoms with Crippen LogP contribution >= 0.6 is 34.7 Å². The molecule has 164 valence electrons. The van der Waals surface area contributed by atoms with Gasteiger partial charge >= 0.3 is 0 Å². The van der Waals surface area contributed by atoms with Crippen molar-refractivity contribution in [2.24, 2.45) is 0 Å². The molecule has 1 fully saturated rings. The highest BCUT2D eigenvalue weighted by atomic mass is 35.5. The van der Waals surface area contributed by atoms with Gasteiger partial charge in [-0.15, -0.1) is 16.4 Å². The minimum atomic E-state index is -3.59. The van der Waals surface area contributed by atoms with Gasteiger partial charge in [0, 0.05) is 42.5 Å². The molecule has 0 spiro atoms. The minimum Gasteiger partial charge on any atom is -0.339 e. The fourth-order valence-corrected chi connectivity index (χ4v) is 6.13. The van der Waals surface area contributed by atoms with Gasteiger partial charge in [-0.05, 0) is 35.7 Å². The Morgan fingerprint density at radius 1 is 1.16 bits per heavy atom. The van der Waals surface area contributed by atoms with Crippen molar-refractivity contribution in [1.82, 2.24) is 24.4 Å². The van der Waals surface area contributed by atoms with Crippen molar-refractivity contribution < 1.29 is 13.2 Å². The largest absolute Gasteiger partial charge is 0.339 e. The van der Waals surface area contributed by atoms with Crippen LogP contribution < -0.4 is 0 Å². The van der Waals surface area contributed by atoms with E-state index in [2.05, 4.69) is 15.2 Å². The number of aromatic nitrogens is 3. The molecule has 0 saturated carbocycles. The normalized spacial score (nSPS) is 15.3. The summed E-state index contributed by atoms with van der Waals surface area (Å²) >= 11 is 8.77. The fraction of sp³-hybridized carbons (Fsp3) is 0.316. The Labute approximate surface area is 193 Å². The molecule has 1 aliphatic rings. The van der Waals surface area contributed by atoms with Gasteiger partial charge in [0.25, 0.3) is 0 Å². The molecule has 1 aromatic carbocycles. The summed E-state index contributed by atoms with van der Waals surface area (Å²) in [4.78, 5) is 20.1. The Morgan fingerprint density at radius 3 is 2.58 bits per heavy atom. The average Bonchev–Trinajstić information content (AvgIpc) is 3.45. The maximum atomic E-state index is 12.8. The fourth-order valence-electron chi connectivity index (χ4n) is 3.15. The molecule has 4 rings (SSSR count). The van der Waals surface area contributed by atoms with Gasteiger partial charge in [0.2, 0.25) is 21.1 Å². The number of thiophene rings is 1. The van der Waals surface area contributed by atoms with E-state index in [-0.39, 0.29) is 29.6 Å². The predicted octanol–water partition coefficient (Wildman–Crippen LogP) is 2.74. The number of rotatable bonds is 7. The molecule has 3 heterocycles. The number of carbonyl (C=O) groups is 1. The minimum absolute atomic E-state index is 0.0573. The van der Waals surface area contributed by atoms with Crippen molar-refractivity contribution in [2.45, 2.75) is 16.5 Å². The number of carbonyl (C=O) groups excluding carboxylic acids is 1. The number of hydrogen-bond donors (Lipinski definition) is 1. The van der Waals surface area contributed by atoms with E-state index in [1.165, 1.54) is 33.1 Å².